The van der Waals surface area contributed by atoms with E-state index < -0.39 is 6.10 Å². The Morgan fingerprint density at radius 1 is 1.17 bits per heavy atom. The number of anilines is 1. The molecular weight excluding hydrogens is 360 g/mol. The van der Waals surface area contributed by atoms with Crippen LogP contribution in [0.1, 0.15) is 57.2 Å². The van der Waals surface area contributed by atoms with Crippen LogP contribution in [0.15, 0.2) is 48.5 Å². The quantitative estimate of drug-likeness (QED) is 0.696. The van der Waals surface area contributed by atoms with E-state index in [1.165, 1.54) is 24.1 Å². The summed E-state index contributed by atoms with van der Waals surface area (Å²) in [6, 6.07) is 16.4. The Bertz CT molecular complexity index is 785. The molecule has 1 amide bonds. The lowest BCUT2D eigenvalue weighted by molar-refractivity contribution is -0.128. The fourth-order valence-corrected chi connectivity index (χ4v) is 3.89. The van der Waals surface area contributed by atoms with Gasteiger partial charge in [0.25, 0.3) is 5.91 Å². The molecule has 3 rings (SSSR count). The summed E-state index contributed by atoms with van der Waals surface area (Å²) in [6.07, 6.45) is 2.71. The maximum absolute atomic E-state index is 12.7. The maximum atomic E-state index is 12.7. The van der Waals surface area contributed by atoms with Crippen LogP contribution in [-0.2, 0) is 4.79 Å². The SMILES string of the molecule is CC[C@H](Oc1ccc(C)cc1)C(=O)N[C@@H](C)c1ccc(N2CCC[C@@H](C)C2)cc1. The number of nitrogens with one attached hydrogen (secondary N) is 1. The normalized spacial score (nSPS) is 18.8. The third kappa shape index (κ3) is 5.75. The number of hydrogen-bond acceptors (Lipinski definition) is 3. The number of benzene rings is 2. The molecule has 0 saturated carbocycles. The van der Waals surface area contributed by atoms with Crippen molar-refractivity contribution in [1.82, 2.24) is 5.32 Å². The van der Waals surface area contributed by atoms with Crippen molar-refractivity contribution in [2.45, 2.75) is 59.1 Å². The average molecular weight is 395 g/mol. The van der Waals surface area contributed by atoms with E-state index in [1.807, 2.05) is 45.0 Å². The van der Waals surface area contributed by atoms with Crippen LogP contribution < -0.4 is 15.0 Å². The molecule has 1 N–H and O–H groups in total. The molecule has 29 heavy (non-hydrogen) atoms. The molecule has 1 aliphatic rings. The molecule has 1 saturated heterocycles. The number of piperidine rings is 1. The first-order chi connectivity index (χ1) is 14.0. The van der Waals surface area contributed by atoms with E-state index in [0.29, 0.717) is 6.42 Å². The van der Waals surface area contributed by atoms with Gasteiger partial charge in [0.1, 0.15) is 5.75 Å². The number of carbonyl (C=O) groups is 1. The van der Waals surface area contributed by atoms with Gasteiger partial charge >= 0.3 is 0 Å². The van der Waals surface area contributed by atoms with Crippen LogP contribution in [0.5, 0.6) is 5.75 Å². The van der Waals surface area contributed by atoms with Gasteiger partial charge in [-0.05, 0) is 68.9 Å². The standard InChI is InChI=1S/C25H34N2O2/c1-5-24(29-23-14-8-18(2)9-15-23)25(28)26-20(4)21-10-12-22(13-11-21)27-16-6-7-19(3)17-27/h8-15,19-20,24H,5-7,16-17H2,1-4H3,(H,26,28)/t19-,20+,24+/m1/s1. The van der Waals surface area contributed by atoms with Crippen LogP contribution >= 0.6 is 0 Å². The lowest BCUT2D eigenvalue weighted by atomic mass is 9.99. The molecule has 2 aromatic carbocycles. The summed E-state index contributed by atoms with van der Waals surface area (Å²) < 4.78 is 5.91. The van der Waals surface area contributed by atoms with Gasteiger partial charge in [-0.2, -0.15) is 0 Å². The van der Waals surface area contributed by atoms with Gasteiger partial charge in [-0.3, -0.25) is 4.79 Å². The van der Waals surface area contributed by atoms with Crippen LogP contribution in [0, 0.1) is 12.8 Å². The molecule has 1 fully saturated rings. The molecule has 1 heterocycles. The van der Waals surface area contributed by atoms with Crippen molar-refractivity contribution in [3.63, 3.8) is 0 Å². The number of carbonyl (C=O) groups excluding carboxylic acids is 1. The van der Waals surface area contributed by atoms with Gasteiger partial charge in [-0.25, -0.2) is 0 Å². The highest BCUT2D eigenvalue weighted by Crippen LogP contribution is 2.25. The lowest BCUT2D eigenvalue weighted by Crippen LogP contribution is -2.39. The van der Waals surface area contributed by atoms with Gasteiger partial charge in [0.2, 0.25) is 0 Å². The minimum Gasteiger partial charge on any atom is -0.481 e. The van der Waals surface area contributed by atoms with Gasteiger partial charge in [-0.15, -0.1) is 0 Å². The van der Waals surface area contributed by atoms with E-state index in [2.05, 4.69) is 41.4 Å². The number of ether oxygens (including phenoxy) is 1. The maximum Gasteiger partial charge on any atom is 0.261 e. The molecule has 156 valence electrons. The minimum atomic E-state index is -0.491. The molecule has 0 spiro atoms. The summed E-state index contributed by atoms with van der Waals surface area (Å²) in [6.45, 7) is 10.6. The molecule has 0 radical (unpaired) electrons. The second-order valence-corrected chi connectivity index (χ2v) is 8.34. The van der Waals surface area contributed by atoms with Crippen LogP contribution in [0.4, 0.5) is 5.69 Å². The van der Waals surface area contributed by atoms with Gasteiger partial charge < -0.3 is 15.0 Å². The summed E-state index contributed by atoms with van der Waals surface area (Å²) in [4.78, 5) is 15.2. The first-order valence-corrected chi connectivity index (χ1v) is 10.8. The molecule has 4 heteroatoms. The van der Waals surface area contributed by atoms with Crippen molar-refractivity contribution >= 4 is 11.6 Å². The number of rotatable bonds is 7. The smallest absolute Gasteiger partial charge is 0.261 e. The van der Waals surface area contributed by atoms with E-state index in [0.717, 1.165) is 30.3 Å². The Hall–Kier alpha value is -2.49. The van der Waals surface area contributed by atoms with Crippen molar-refractivity contribution in [2.24, 2.45) is 5.92 Å². The van der Waals surface area contributed by atoms with E-state index in [1.54, 1.807) is 0 Å². The highest BCUT2D eigenvalue weighted by atomic mass is 16.5. The predicted octanol–water partition coefficient (Wildman–Crippen LogP) is 5.27. The van der Waals surface area contributed by atoms with Crippen molar-refractivity contribution in [3.05, 3.63) is 59.7 Å². The minimum absolute atomic E-state index is 0.0625. The summed E-state index contributed by atoms with van der Waals surface area (Å²) in [7, 11) is 0. The van der Waals surface area contributed by atoms with Crippen LogP contribution in [0.2, 0.25) is 0 Å². The summed E-state index contributed by atoms with van der Waals surface area (Å²) in [5, 5.41) is 3.11. The largest absolute Gasteiger partial charge is 0.481 e. The summed E-state index contributed by atoms with van der Waals surface area (Å²) in [5.41, 5.74) is 3.55. The Balaban J connectivity index is 1.58. The zero-order valence-electron chi connectivity index (χ0n) is 18.2. The second kappa shape index (κ2) is 9.82. The first kappa shape index (κ1) is 21.2. The molecule has 2 aromatic rings. The first-order valence-electron chi connectivity index (χ1n) is 10.8. The molecule has 0 aliphatic carbocycles. The molecule has 0 unspecified atom stereocenters. The third-order valence-electron chi connectivity index (χ3n) is 5.74. The molecule has 3 atom stereocenters. The fourth-order valence-electron chi connectivity index (χ4n) is 3.89. The Morgan fingerprint density at radius 2 is 1.86 bits per heavy atom. The van der Waals surface area contributed by atoms with Gasteiger partial charge in [0.15, 0.2) is 6.10 Å². The highest BCUT2D eigenvalue weighted by molar-refractivity contribution is 5.81. The van der Waals surface area contributed by atoms with Crippen LogP contribution in [0.3, 0.4) is 0 Å². The summed E-state index contributed by atoms with van der Waals surface area (Å²) >= 11 is 0. The Morgan fingerprint density at radius 3 is 2.48 bits per heavy atom. The number of aryl methyl sites for hydroxylation is 1. The second-order valence-electron chi connectivity index (χ2n) is 8.34. The topological polar surface area (TPSA) is 41.6 Å². The van der Waals surface area contributed by atoms with E-state index in [9.17, 15) is 4.79 Å². The zero-order valence-corrected chi connectivity index (χ0v) is 18.2. The third-order valence-corrected chi connectivity index (χ3v) is 5.74. The van der Waals surface area contributed by atoms with Gasteiger partial charge in [0.05, 0.1) is 6.04 Å². The molecule has 1 aliphatic heterocycles. The predicted molar refractivity (Wildman–Crippen MR) is 119 cm³/mol. The zero-order chi connectivity index (χ0) is 20.8. The molecule has 0 bridgehead atoms. The number of nitrogens with zero attached hydrogens (tertiary/aromatic N) is 1. The van der Waals surface area contributed by atoms with E-state index >= 15 is 0 Å². The van der Waals surface area contributed by atoms with Crippen molar-refractivity contribution < 1.29 is 9.53 Å². The van der Waals surface area contributed by atoms with E-state index in [-0.39, 0.29) is 11.9 Å². The van der Waals surface area contributed by atoms with Crippen LogP contribution in [-0.4, -0.2) is 25.1 Å². The van der Waals surface area contributed by atoms with Crippen molar-refractivity contribution in [3.8, 4) is 5.75 Å². The monoisotopic (exact) mass is 394 g/mol. The van der Waals surface area contributed by atoms with Crippen LogP contribution in [0.25, 0.3) is 0 Å². The van der Waals surface area contributed by atoms with Crippen molar-refractivity contribution in [2.75, 3.05) is 18.0 Å². The average Bonchev–Trinajstić information content (AvgIpc) is 2.73. The molecular formula is C25H34N2O2. The Kier molecular flexibility index (Phi) is 7.18. The lowest BCUT2D eigenvalue weighted by Gasteiger charge is -2.33. The Labute approximate surface area is 175 Å². The number of hydrogen-bond donors (Lipinski definition) is 1. The number of amides is 1. The summed E-state index contributed by atoms with van der Waals surface area (Å²) in [5.74, 6) is 1.40. The van der Waals surface area contributed by atoms with Gasteiger partial charge in [-0.1, -0.05) is 43.7 Å². The van der Waals surface area contributed by atoms with Gasteiger partial charge in [0, 0.05) is 18.8 Å². The highest BCUT2D eigenvalue weighted by Gasteiger charge is 2.21. The van der Waals surface area contributed by atoms with Crippen molar-refractivity contribution in [1.29, 1.82) is 0 Å². The van der Waals surface area contributed by atoms with E-state index in [4.69, 9.17) is 4.74 Å². The molecule has 4 nitrogen and oxygen atoms in total. The molecule has 0 aromatic heterocycles. The fraction of sp³-hybridized carbons (Fsp3) is 0.480.